The number of fused-ring (bicyclic) bond motifs is 1. The quantitative estimate of drug-likeness (QED) is 0.790. The Bertz CT molecular complexity index is 931. The van der Waals surface area contributed by atoms with E-state index in [0.717, 1.165) is 17.0 Å². The number of amides is 2. The van der Waals surface area contributed by atoms with E-state index in [4.69, 9.17) is 4.42 Å². The molecule has 0 atom stereocenters. The summed E-state index contributed by atoms with van der Waals surface area (Å²) in [4.78, 5) is 27.3. The van der Waals surface area contributed by atoms with Gasteiger partial charge in [-0.25, -0.2) is 0 Å². The molecule has 2 amide bonds. The maximum absolute atomic E-state index is 13.0. The minimum absolute atomic E-state index is 0.0641. The van der Waals surface area contributed by atoms with Crippen LogP contribution in [0.1, 0.15) is 65.8 Å². The number of anilines is 1. The van der Waals surface area contributed by atoms with Crippen LogP contribution in [-0.4, -0.2) is 35.5 Å². The Hall–Kier alpha value is -2.76. The third kappa shape index (κ3) is 3.17. The molecule has 0 unspecified atom stereocenters. The van der Waals surface area contributed by atoms with Gasteiger partial charge < -0.3 is 20.0 Å². The average Bonchev–Trinajstić information content (AvgIpc) is 3.04. The summed E-state index contributed by atoms with van der Waals surface area (Å²) in [6.07, 6.45) is 1.29. The van der Waals surface area contributed by atoms with E-state index in [0.29, 0.717) is 37.3 Å². The van der Waals surface area contributed by atoms with Crippen LogP contribution in [-0.2, 0) is 5.41 Å². The predicted molar refractivity (Wildman–Crippen MR) is 108 cm³/mol. The zero-order valence-corrected chi connectivity index (χ0v) is 16.9. The highest BCUT2D eigenvalue weighted by Gasteiger charge is 2.41. The zero-order chi connectivity index (χ0) is 20.1. The highest BCUT2D eigenvalue weighted by molar-refractivity contribution is 6.02. The Kier molecular flexibility index (Phi) is 4.25. The van der Waals surface area contributed by atoms with Gasteiger partial charge in [0.2, 0.25) is 0 Å². The van der Waals surface area contributed by atoms with Crippen molar-refractivity contribution in [2.75, 3.05) is 18.4 Å². The number of hydrogen-bond donors (Lipinski definition) is 2. The van der Waals surface area contributed by atoms with Crippen molar-refractivity contribution < 1.29 is 14.0 Å². The number of piperidine rings is 1. The maximum Gasteiger partial charge on any atom is 0.289 e. The van der Waals surface area contributed by atoms with E-state index < -0.39 is 5.66 Å². The molecule has 1 fully saturated rings. The third-order valence-electron chi connectivity index (χ3n) is 5.65. The Labute approximate surface area is 165 Å². The summed E-state index contributed by atoms with van der Waals surface area (Å²) in [5.41, 5.74) is 1.74. The molecule has 1 aromatic carbocycles. The van der Waals surface area contributed by atoms with Crippen LogP contribution in [0, 0.1) is 6.92 Å². The van der Waals surface area contributed by atoms with Gasteiger partial charge in [-0.15, -0.1) is 0 Å². The first-order chi connectivity index (χ1) is 13.2. The lowest BCUT2D eigenvalue weighted by Gasteiger charge is -2.45. The highest BCUT2D eigenvalue weighted by Crippen LogP contribution is 2.33. The molecule has 1 spiro atoms. The van der Waals surface area contributed by atoms with E-state index in [1.165, 1.54) is 0 Å². The second kappa shape index (κ2) is 6.40. The molecule has 0 radical (unpaired) electrons. The SMILES string of the molecule is Cc1cc(C(C)(C)C)oc1C(=O)N1CCC2(CC1)NC(=O)c1ccccc1N2. The molecule has 0 bridgehead atoms. The van der Waals surface area contributed by atoms with Crippen molar-refractivity contribution in [1.29, 1.82) is 0 Å². The summed E-state index contributed by atoms with van der Waals surface area (Å²) in [5, 5.41) is 6.60. The Morgan fingerprint density at radius 2 is 1.82 bits per heavy atom. The highest BCUT2D eigenvalue weighted by atomic mass is 16.4. The first-order valence-corrected chi connectivity index (χ1v) is 9.78. The maximum atomic E-state index is 13.0. The number of rotatable bonds is 1. The van der Waals surface area contributed by atoms with Crippen LogP contribution >= 0.6 is 0 Å². The largest absolute Gasteiger partial charge is 0.455 e. The molecule has 6 heteroatoms. The molecule has 4 rings (SSSR count). The lowest BCUT2D eigenvalue weighted by molar-refractivity contribution is 0.0608. The summed E-state index contributed by atoms with van der Waals surface area (Å²) >= 11 is 0. The van der Waals surface area contributed by atoms with Gasteiger partial charge in [-0.05, 0) is 25.1 Å². The first kappa shape index (κ1) is 18.6. The topological polar surface area (TPSA) is 74.6 Å². The predicted octanol–water partition coefficient (Wildman–Crippen LogP) is 3.67. The van der Waals surface area contributed by atoms with Crippen molar-refractivity contribution in [3.63, 3.8) is 0 Å². The van der Waals surface area contributed by atoms with Crippen LogP contribution < -0.4 is 10.6 Å². The molecule has 1 aromatic heterocycles. The standard InChI is InChI=1S/C22H27N3O3/c1-14-13-17(21(2,3)4)28-18(14)20(27)25-11-9-22(10-12-25)23-16-8-6-5-7-15(16)19(26)24-22/h5-8,13,23H,9-12H2,1-4H3,(H,24,26). The molecule has 28 heavy (non-hydrogen) atoms. The van der Waals surface area contributed by atoms with Crippen LogP contribution in [0.25, 0.3) is 0 Å². The number of benzene rings is 1. The number of furan rings is 1. The summed E-state index contributed by atoms with van der Waals surface area (Å²) in [7, 11) is 0. The molecule has 6 nitrogen and oxygen atoms in total. The molecule has 0 aliphatic carbocycles. The molecule has 1 saturated heterocycles. The van der Waals surface area contributed by atoms with Gasteiger partial charge in [0, 0.05) is 42.6 Å². The van der Waals surface area contributed by atoms with E-state index in [-0.39, 0.29) is 17.2 Å². The normalized spacial score (nSPS) is 18.4. The fraction of sp³-hybridized carbons (Fsp3) is 0.455. The first-order valence-electron chi connectivity index (χ1n) is 9.78. The number of aryl methyl sites for hydroxylation is 1. The van der Waals surface area contributed by atoms with Gasteiger partial charge >= 0.3 is 0 Å². The lowest BCUT2D eigenvalue weighted by atomic mass is 9.92. The smallest absolute Gasteiger partial charge is 0.289 e. The van der Waals surface area contributed by atoms with E-state index in [1.807, 2.05) is 42.2 Å². The van der Waals surface area contributed by atoms with Gasteiger partial charge in [0.1, 0.15) is 11.4 Å². The number of carbonyl (C=O) groups excluding carboxylic acids is 2. The van der Waals surface area contributed by atoms with Crippen LogP contribution in [0.5, 0.6) is 0 Å². The molecular formula is C22H27N3O3. The Morgan fingerprint density at radius 3 is 2.46 bits per heavy atom. The molecular weight excluding hydrogens is 354 g/mol. The molecule has 2 aliphatic heterocycles. The van der Waals surface area contributed by atoms with Gasteiger partial charge in [-0.2, -0.15) is 0 Å². The average molecular weight is 381 g/mol. The second-order valence-corrected chi connectivity index (χ2v) is 8.87. The lowest BCUT2D eigenvalue weighted by Crippen LogP contribution is -2.62. The van der Waals surface area contributed by atoms with Crippen molar-refractivity contribution in [2.45, 2.75) is 51.6 Å². The number of hydrogen-bond acceptors (Lipinski definition) is 4. The van der Waals surface area contributed by atoms with Gasteiger partial charge in [0.25, 0.3) is 11.8 Å². The third-order valence-corrected chi connectivity index (χ3v) is 5.65. The van der Waals surface area contributed by atoms with Gasteiger partial charge in [-0.3, -0.25) is 9.59 Å². The molecule has 0 saturated carbocycles. The number of nitrogens with one attached hydrogen (secondary N) is 2. The summed E-state index contributed by atoms with van der Waals surface area (Å²) in [6, 6.07) is 9.47. The monoisotopic (exact) mass is 381 g/mol. The Morgan fingerprint density at radius 1 is 1.14 bits per heavy atom. The number of para-hydroxylation sites is 1. The minimum Gasteiger partial charge on any atom is -0.455 e. The van der Waals surface area contributed by atoms with Crippen molar-refractivity contribution >= 4 is 17.5 Å². The summed E-state index contributed by atoms with van der Waals surface area (Å²) < 4.78 is 5.92. The van der Waals surface area contributed by atoms with E-state index >= 15 is 0 Å². The second-order valence-electron chi connectivity index (χ2n) is 8.87. The fourth-order valence-electron chi connectivity index (χ4n) is 3.91. The van der Waals surface area contributed by atoms with Crippen LogP contribution in [0.2, 0.25) is 0 Å². The molecule has 148 valence electrons. The molecule has 2 aliphatic rings. The molecule has 2 aromatic rings. The number of carbonyl (C=O) groups is 2. The van der Waals surface area contributed by atoms with Crippen LogP contribution in [0.15, 0.2) is 34.7 Å². The van der Waals surface area contributed by atoms with Crippen LogP contribution in [0.4, 0.5) is 5.69 Å². The van der Waals surface area contributed by atoms with E-state index in [1.54, 1.807) is 0 Å². The van der Waals surface area contributed by atoms with Gasteiger partial charge in [-0.1, -0.05) is 32.9 Å². The summed E-state index contributed by atoms with van der Waals surface area (Å²) in [6.45, 7) is 9.23. The van der Waals surface area contributed by atoms with Crippen molar-refractivity contribution in [2.24, 2.45) is 0 Å². The van der Waals surface area contributed by atoms with Crippen molar-refractivity contribution in [1.82, 2.24) is 10.2 Å². The number of likely N-dealkylation sites (tertiary alicyclic amines) is 1. The number of nitrogens with zero attached hydrogens (tertiary/aromatic N) is 1. The minimum atomic E-state index is -0.503. The van der Waals surface area contributed by atoms with Gasteiger partial charge in [0.05, 0.1) is 5.56 Å². The van der Waals surface area contributed by atoms with Crippen molar-refractivity contribution in [3.8, 4) is 0 Å². The molecule has 3 heterocycles. The van der Waals surface area contributed by atoms with Crippen LogP contribution in [0.3, 0.4) is 0 Å². The van der Waals surface area contributed by atoms with E-state index in [2.05, 4.69) is 31.4 Å². The van der Waals surface area contributed by atoms with Gasteiger partial charge in [0.15, 0.2) is 5.76 Å². The zero-order valence-electron chi connectivity index (χ0n) is 16.9. The molecule has 2 N–H and O–H groups in total. The van der Waals surface area contributed by atoms with E-state index in [9.17, 15) is 9.59 Å². The Balaban J connectivity index is 1.49. The summed E-state index contributed by atoms with van der Waals surface area (Å²) in [5.74, 6) is 1.10. The fourth-order valence-corrected chi connectivity index (χ4v) is 3.91. The van der Waals surface area contributed by atoms with Crippen molar-refractivity contribution in [3.05, 3.63) is 53.0 Å².